The van der Waals surface area contributed by atoms with E-state index in [4.69, 9.17) is 23.7 Å². The number of carbonyl (C=O) groups excluding carboxylic acids is 3. The van der Waals surface area contributed by atoms with Gasteiger partial charge in [0.2, 0.25) is 0 Å². The Kier molecular flexibility index (Phi) is 43.2. The number of aliphatic hydroxyl groups is 2. The molecule has 73 heavy (non-hydrogen) atoms. The molecule has 0 radical (unpaired) electrons. The SMILES string of the molecule is CC/C=C\C/C=C\C/C=C\C/C=C\C/C=C\CC(=O)OC1C(OCC(COC(=O)CCCCCCC/C=C\C/C=C\C/C=C\CC)OC(=O)CCCCC/C=C\C/C=C\C/C=C\CC)OC(C(=O)O)C(O)C1O. The van der Waals surface area contributed by atoms with Gasteiger partial charge in [0, 0.05) is 12.8 Å². The van der Waals surface area contributed by atoms with Crippen LogP contribution in [0, 0.1) is 0 Å². The van der Waals surface area contributed by atoms with E-state index in [0.717, 1.165) is 116 Å². The Hall–Kier alpha value is -5.14. The molecule has 1 rings (SSSR count). The lowest BCUT2D eigenvalue weighted by Gasteiger charge is -2.40. The highest BCUT2D eigenvalue weighted by atomic mass is 16.7. The average Bonchev–Trinajstić information content (AvgIpc) is 3.37. The number of ether oxygens (including phenoxy) is 5. The lowest BCUT2D eigenvalue weighted by molar-refractivity contribution is -0.301. The topological polar surface area (TPSA) is 175 Å². The third-order valence-electron chi connectivity index (χ3n) is 11.2. The summed E-state index contributed by atoms with van der Waals surface area (Å²) in [6, 6.07) is 0. The fourth-order valence-corrected chi connectivity index (χ4v) is 7.18. The van der Waals surface area contributed by atoms with Gasteiger partial charge >= 0.3 is 23.9 Å². The highest BCUT2D eigenvalue weighted by molar-refractivity contribution is 5.74. The van der Waals surface area contributed by atoms with Crippen molar-refractivity contribution in [3.8, 4) is 0 Å². The van der Waals surface area contributed by atoms with Gasteiger partial charge in [0.15, 0.2) is 24.6 Å². The normalized spacial score (nSPS) is 19.4. The summed E-state index contributed by atoms with van der Waals surface area (Å²) in [5, 5.41) is 31.4. The molecule has 1 fully saturated rings. The number of carboxylic acids is 1. The number of esters is 3. The summed E-state index contributed by atoms with van der Waals surface area (Å²) in [5.41, 5.74) is 0. The number of aliphatic carboxylic acids is 1. The predicted octanol–water partition coefficient (Wildman–Crippen LogP) is 13.4. The molecule has 12 nitrogen and oxygen atoms in total. The smallest absolute Gasteiger partial charge is 0.335 e. The standard InChI is InChI=1S/C61H92O12/c1-4-7-10-13-16-19-22-25-27-30-32-35-38-41-44-47-53(62)69-50-52(71-54(63)48-45-42-39-36-33-29-24-21-18-15-12-9-6-3)51-70-61-59(57(66)56(65)58(73-61)60(67)68)72-55(64)49-46-43-40-37-34-31-28-26-23-20-17-14-11-8-5-2/h7-12,16-21,25-29,33-34,37,43,46,52,56-59,61,65-66H,4-6,13-15,22-24,30-32,35-36,38-42,44-45,47-51H2,1-3H3,(H,67,68)/b10-7-,11-8-,12-9-,19-16-,20-17-,21-18-,27-25-,28-26-,33-29-,37-34-,46-43-. The molecule has 0 aliphatic carbocycles. The van der Waals surface area contributed by atoms with Crippen LogP contribution in [0.3, 0.4) is 0 Å². The number of aliphatic hydroxyl groups excluding tert-OH is 2. The Morgan fingerprint density at radius 3 is 1.33 bits per heavy atom. The molecule has 0 spiro atoms. The first-order valence-electron chi connectivity index (χ1n) is 27.2. The first-order valence-corrected chi connectivity index (χ1v) is 27.2. The summed E-state index contributed by atoms with van der Waals surface area (Å²) in [4.78, 5) is 50.9. The van der Waals surface area contributed by atoms with Gasteiger partial charge in [-0.25, -0.2) is 4.79 Å². The molecule has 0 aromatic rings. The third-order valence-corrected chi connectivity index (χ3v) is 11.2. The summed E-state index contributed by atoms with van der Waals surface area (Å²) in [6.07, 6.45) is 54.6. The largest absolute Gasteiger partial charge is 0.479 e. The van der Waals surface area contributed by atoms with Crippen LogP contribution >= 0.6 is 0 Å². The minimum absolute atomic E-state index is 0.105. The summed E-state index contributed by atoms with van der Waals surface area (Å²) < 4.78 is 28.1. The first-order chi connectivity index (χ1) is 35.6. The van der Waals surface area contributed by atoms with Gasteiger partial charge in [-0.15, -0.1) is 0 Å². The molecule has 0 aromatic heterocycles. The Morgan fingerprint density at radius 1 is 0.466 bits per heavy atom. The van der Waals surface area contributed by atoms with Crippen LogP contribution in [-0.4, -0.2) is 89.2 Å². The molecule has 6 unspecified atom stereocenters. The van der Waals surface area contributed by atoms with Crippen molar-refractivity contribution in [2.75, 3.05) is 13.2 Å². The molecule has 0 aromatic carbocycles. The molecule has 1 aliphatic heterocycles. The molecule has 1 aliphatic rings. The van der Waals surface area contributed by atoms with Crippen molar-refractivity contribution in [2.24, 2.45) is 0 Å². The molecule has 0 bridgehead atoms. The lowest BCUT2D eigenvalue weighted by atomic mass is 9.98. The van der Waals surface area contributed by atoms with Gasteiger partial charge in [0.25, 0.3) is 0 Å². The van der Waals surface area contributed by atoms with Crippen LogP contribution in [0.25, 0.3) is 0 Å². The van der Waals surface area contributed by atoms with E-state index in [1.165, 1.54) is 0 Å². The molecule has 1 saturated heterocycles. The zero-order valence-corrected chi connectivity index (χ0v) is 44.6. The van der Waals surface area contributed by atoms with Crippen LogP contribution in [0.1, 0.15) is 175 Å². The van der Waals surface area contributed by atoms with Gasteiger partial charge in [-0.2, -0.15) is 0 Å². The second-order valence-corrected chi connectivity index (χ2v) is 17.7. The highest BCUT2D eigenvalue weighted by Gasteiger charge is 2.50. The van der Waals surface area contributed by atoms with Gasteiger partial charge in [-0.1, -0.05) is 180 Å². The Morgan fingerprint density at radius 2 is 0.863 bits per heavy atom. The van der Waals surface area contributed by atoms with Gasteiger partial charge in [0.1, 0.15) is 18.8 Å². The van der Waals surface area contributed by atoms with Crippen molar-refractivity contribution in [1.29, 1.82) is 0 Å². The molecular formula is C61H92O12. The summed E-state index contributed by atoms with van der Waals surface area (Å²) >= 11 is 0. The monoisotopic (exact) mass is 1020 g/mol. The average molecular weight is 1020 g/mol. The number of carbonyl (C=O) groups is 4. The van der Waals surface area contributed by atoms with Crippen molar-refractivity contribution in [3.63, 3.8) is 0 Å². The highest BCUT2D eigenvalue weighted by Crippen LogP contribution is 2.26. The first kappa shape index (κ1) is 65.9. The van der Waals surface area contributed by atoms with Crippen LogP contribution < -0.4 is 0 Å². The molecule has 6 atom stereocenters. The second kappa shape index (κ2) is 47.8. The fourth-order valence-electron chi connectivity index (χ4n) is 7.18. The van der Waals surface area contributed by atoms with Gasteiger partial charge in [0.05, 0.1) is 13.0 Å². The number of rotatable bonds is 43. The lowest BCUT2D eigenvalue weighted by Crippen LogP contribution is -2.61. The number of hydrogen-bond acceptors (Lipinski definition) is 11. The second-order valence-electron chi connectivity index (χ2n) is 17.7. The molecular weight excluding hydrogens is 925 g/mol. The minimum atomic E-state index is -1.95. The number of unbranched alkanes of at least 4 members (excludes halogenated alkanes) is 8. The summed E-state index contributed by atoms with van der Waals surface area (Å²) in [6.45, 7) is 5.53. The van der Waals surface area contributed by atoms with Crippen molar-refractivity contribution in [3.05, 3.63) is 134 Å². The third kappa shape index (κ3) is 38.2. The Balaban J connectivity index is 2.81. The van der Waals surface area contributed by atoms with Crippen LogP contribution in [0.4, 0.5) is 0 Å². The van der Waals surface area contributed by atoms with Crippen molar-refractivity contribution >= 4 is 23.9 Å². The molecule has 408 valence electrons. The van der Waals surface area contributed by atoms with Crippen molar-refractivity contribution in [2.45, 2.75) is 212 Å². The van der Waals surface area contributed by atoms with E-state index in [-0.39, 0.29) is 25.9 Å². The maximum Gasteiger partial charge on any atom is 0.335 e. The van der Waals surface area contributed by atoms with E-state index in [1.807, 2.05) is 12.2 Å². The summed E-state index contributed by atoms with van der Waals surface area (Å²) in [5.74, 6) is -3.37. The van der Waals surface area contributed by atoms with E-state index in [9.17, 15) is 34.5 Å². The zero-order valence-electron chi connectivity index (χ0n) is 44.6. The zero-order chi connectivity index (χ0) is 53.3. The molecule has 3 N–H and O–H groups in total. The molecule has 12 heteroatoms. The molecule has 0 saturated carbocycles. The van der Waals surface area contributed by atoms with E-state index >= 15 is 0 Å². The van der Waals surface area contributed by atoms with E-state index in [2.05, 4.69) is 130 Å². The summed E-state index contributed by atoms with van der Waals surface area (Å²) in [7, 11) is 0. The molecule has 0 amide bonds. The fraction of sp³-hybridized carbons (Fsp3) is 0.574. The van der Waals surface area contributed by atoms with Gasteiger partial charge in [-0.3, -0.25) is 14.4 Å². The molecule has 1 heterocycles. The maximum atomic E-state index is 13.1. The number of allylic oxidation sites excluding steroid dienone is 21. The van der Waals surface area contributed by atoms with E-state index in [0.29, 0.717) is 19.3 Å². The van der Waals surface area contributed by atoms with E-state index < -0.39 is 67.3 Å². The van der Waals surface area contributed by atoms with Crippen LogP contribution in [0.2, 0.25) is 0 Å². The Bertz CT molecular complexity index is 1780. The van der Waals surface area contributed by atoms with Gasteiger partial charge in [-0.05, 0) is 109 Å². The number of carboxylic acid groups (broad SMARTS) is 1. The van der Waals surface area contributed by atoms with Crippen LogP contribution in [-0.2, 0) is 42.9 Å². The Labute approximate surface area is 439 Å². The van der Waals surface area contributed by atoms with E-state index in [1.54, 1.807) is 12.2 Å². The van der Waals surface area contributed by atoms with Crippen LogP contribution in [0.15, 0.2) is 134 Å². The van der Waals surface area contributed by atoms with Gasteiger partial charge < -0.3 is 39.0 Å². The maximum absolute atomic E-state index is 13.1. The number of hydrogen-bond donors (Lipinski definition) is 3. The van der Waals surface area contributed by atoms with Crippen molar-refractivity contribution in [1.82, 2.24) is 0 Å². The van der Waals surface area contributed by atoms with Crippen LogP contribution in [0.5, 0.6) is 0 Å². The predicted molar refractivity (Wildman–Crippen MR) is 293 cm³/mol. The van der Waals surface area contributed by atoms with Crippen molar-refractivity contribution < 1.29 is 58.2 Å². The quantitative estimate of drug-likeness (QED) is 0.0228. The minimum Gasteiger partial charge on any atom is -0.479 e.